The van der Waals surface area contributed by atoms with E-state index in [0.29, 0.717) is 6.34 Å². The molecule has 1 aromatic rings. The molecule has 1 atom stereocenters. The second-order valence-electron chi connectivity index (χ2n) is 3.59. The maximum Gasteiger partial charge on any atom is 0.418 e. The van der Waals surface area contributed by atoms with Gasteiger partial charge < -0.3 is 0 Å². The number of rotatable bonds is 2. The minimum absolute atomic E-state index is 0.155. The van der Waals surface area contributed by atoms with Crippen LogP contribution in [0, 0.1) is 0 Å². The molecule has 0 aliphatic carbocycles. The first-order chi connectivity index (χ1) is 8.82. The Morgan fingerprint density at radius 1 is 1.37 bits per heavy atom. The van der Waals surface area contributed by atoms with E-state index in [1.165, 1.54) is 0 Å². The van der Waals surface area contributed by atoms with Gasteiger partial charge in [0.05, 0.1) is 17.6 Å². The predicted molar refractivity (Wildman–Crippen MR) is 56.6 cm³/mol. The lowest BCUT2D eigenvalue weighted by Crippen LogP contribution is -2.39. The molecule has 19 heavy (non-hydrogen) atoms. The number of aromatic amines is 1. The van der Waals surface area contributed by atoms with Crippen molar-refractivity contribution in [3.05, 3.63) is 28.7 Å². The average molecular weight is 301 g/mol. The van der Waals surface area contributed by atoms with Crippen LogP contribution in [-0.4, -0.2) is 34.2 Å². The number of H-pyrrole nitrogens is 1. The third kappa shape index (κ3) is 2.55. The summed E-state index contributed by atoms with van der Waals surface area (Å²) in [6.07, 6.45) is -3.15. The maximum atomic E-state index is 12.9. The minimum atomic E-state index is -4.89. The monoisotopic (exact) mass is 300 g/mol. The van der Waals surface area contributed by atoms with E-state index in [1.54, 1.807) is 0 Å². The normalized spacial score (nSPS) is 20.6. The van der Waals surface area contributed by atoms with Gasteiger partial charge in [-0.2, -0.15) is 27.1 Å². The Balaban J connectivity index is 2.55. The van der Waals surface area contributed by atoms with Gasteiger partial charge in [-0.05, 0) is 6.07 Å². The molecule has 0 bridgehead atoms. The lowest BCUT2D eigenvalue weighted by molar-refractivity contribution is -0.108. The first-order valence-corrected chi connectivity index (χ1v) is 5.26. The molecule has 2 heterocycles. The van der Waals surface area contributed by atoms with E-state index in [1.807, 2.05) is 0 Å². The van der Waals surface area contributed by atoms with E-state index in [-0.39, 0.29) is 10.6 Å². The van der Waals surface area contributed by atoms with Crippen LogP contribution in [0.15, 0.2) is 28.0 Å². The zero-order valence-electron chi connectivity index (χ0n) is 9.00. The lowest BCUT2D eigenvalue weighted by Gasteiger charge is -2.33. The van der Waals surface area contributed by atoms with Gasteiger partial charge in [0.25, 0.3) is 0 Å². The summed E-state index contributed by atoms with van der Waals surface area (Å²) in [6.45, 7) is -3.17. The van der Waals surface area contributed by atoms with Gasteiger partial charge in [0, 0.05) is 6.20 Å². The van der Waals surface area contributed by atoms with Crippen molar-refractivity contribution in [1.29, 1.82) is 0 Å². The summed E-state index contributed by atoms with van der Waals surface area (Å²) in [5.41, 5.74) is -1.52. The van der Waals surface area contributed by atoms with Gasteiger partial charge in [0.15, 0.2) is 0 Å². The highest BCUT2D eigenvalue weighted by atomic mass is 35.5. The van der Waals surface area contributed by atoms with Crippen LogP contribution in [-0.2, 0) is 0 Å². The highest BCUT2D eigenvalue weighted by Gasteiger charge is 2.47. The molecular weight excluding hydrogens is 295 g/mol. The number of nitrogens with one attached hydrogen (secondary N) is 1. The Hall–Kier alpha value is -1.64. The van der Waals surface area contributed by atoms with Crippen molar-refractivity contribution < 1.29 is 22.0 Å². The third-order valence-corrected chi connectivity index (χ3v) is 2.75. The Labute approximate surface area is 108 Å². The summed E-state index contributed by atoms with van der Waals surface area (Å²) in [7, 11) is 0. The number of hydrogen-bond donors (Lipinski definition) is 1. The standard InChI is InChI=1S/C9H6ClF5N4/c10-7-5(9(13,14)15)6(4-1-2-17-18-4)19(3-16-7)8(11)12/h1-3,6,8H,(H,17,18). The molecule has 1 aliphatic heterocycles. The van der Waals surface area contributed by atoms with E-state index in [2.05, 4.69) is 15.2 Å². The second kappa shape index (κ2) is 4.80. The molecule has 0 radical (unpaired) electrons. The van der Waals surface area contributed by atoms with Gasteiger partial charge in [-0.15, -0.1) is 0 Å². The van der Waals surface area contributed by atoms with Gasteiger partial charge in [-0.25, -0.2) is 4.99 Å². The van der Waals surface area contributed by atoms with Crippen LogP contribution < -0.4 is 0 Å². The van der Waals surface area contributed by atoms with E-state index >= 15 is 0 Å². The highest BCUT2D eigenvalue weighted by Crippen LogP contribution is 2.44. The molecule has 0 amide bonds. The molecular formula is C9H6ClF5N4. The van der Waals surface area contributed by atoms with Crippen molar-refractivity contribution in [2.45, 2.75) is 18.8 Å². The Morgan fingerprint density at radius 2 is 2.05 bits per heavy atom. The molecule has 2 rings (SSSR count). The summed E-state index contributed by atoms with van der Waals surface area (Å²) in [5.74, 6) is 0. The quantitative estimate of drug-likeness (QED) is 0.674. The smallest absolute Gasteiger partial charge is 0.293 e. The van der Waals surface area contributed by atoms with Crippen molar-refractivity contribution in [2.75, 3.05) is 0 Å². The first-order valence-electron chi connectivity index (χ1n) is 4.88. The summed E-state index contributed by atoms with van der Waals surface area (Å²) < 4.78 is 64.5. The van der Waals surface area contributed by atoms with Gasteiger partial charge >= 0.3 is 12.7 Å². The second-order valence-corrected chi connectivity index (χ2v) is 3.94. The number of alkyl halides is 5. The zero-order chi connectivity index (χ0) is 14.2. The minimum Gasteiger partial charge on any atom is -0.293 e. The van der Waals surface area contributed by atoms with Crippen molar-refractivity contribution in [1.82, 2.24) is 15.1 Å². The molecule has 0 aromatic carbocycles. The highest BCUT2D eigenvalue weighted by molar-refractivity contribution is 6.30. The van der Waals surface area contributed by atoms with E-state index in [9.17, 15) is 22.0 Å². The topological polar surface area (TPSA) is 44.3 Å². The molecule has 104 valence electrons. The van der Waals surface area contributed by atoms with Gasteiger partial charge in [-0.3, -0.25) is 10.00 Å². The molecule has 0 spiro atoms. The summed E-state index contributed by atoms with van der Waals surface area (Å²) in [4.78, 5) is 3.31. The molecule has 4 nitrogen and oxygen atoms in total. The molecule has 0 fully saturated rings. The van der Waals surface area contributed by atoms with Gasteiger partial charge in [0.1, 0.15) is 11.2 Å². The number of hydrogen-bond acceptors (Lipinski definition) is 3. The van der Waals surface area contributed by atoms with Crippen LogP contribution in [0.5, 0.6) is 0 Å². The number of aliphatic imine (C=N–C) groups is 1. The maximum absolute atomic E-state index is 12.9. The molecule has 0 saturated carbocycles. The fourth-order valence-corrected chi connectivity index (χ4v) is 1.94. The number of aromatic nitrogens is 2. The Bertz CT molecular complexity index is 507. The molecule has 1 aromatic heterocycles. The van der Waals surface area contributed by atoms with Crippen LogP contribution in [0.25, 0.3) is 0 Å². The molecule has 1 aliphatic rings. The molecule has 10 heteroatoms. The van der Waals surface area contributed by atoms with Crippen molar-refractivity contribution in [3.63, 3.8) is 0 Å². The van der Waals surface area contributed by atoms with Crippen LogP contribution in [0.4, 0.5) is 22.0 Å². The zero-order valence-corrected chi connectivity index (χ0v) is 9.75. The fourth-order valence-electron chi connectivity index (χ4n) is 1.69. The first kappa shape index (κ1) is 13.8. The van der Waals surface area contributed by atoms with Crippen LogP contribution >= 0.6 is 11.6 Å². The summed E-state index contributed by atoms with van der Waals surface area (Å²) in [6, 6.07) is -0.651. The van der Waals surface area contributed by atoms with Gasteiger partial charge in [0.2, 0.25) is 0 Å². The Morgan fingerprint density at radius 3 is 2.53 bits per heavy atom. The van der Waals surface area contributed by atoms with E-state index < -0.39 is 29.5 Å². The van der Waals surface area contributed by atoms with Crippen LogP contribution in [0.2, 0.25) is 0 Å². The SMILES string of the molecule is FC(F)N1C=NC(Cl)=C(C(F)(F)F)C1c1ccn[nH]1. The van der Waals surface area contributed by atoms with E-state index in [0.717, 1.165) is 12.3 Å². The average Bonchev–Trinajstić information content (AvgIpc) is 2.79. The fraction of sp³-hybridized carbons (Fsp3) is 0.333. The van der Waals surface area contributed by atoms with Crippen LogP contribution in [0.3, 0.4) is 0 Å². The number of nitrogens with zero attached hydrogens (tertiary/aromatic N) is 3. The molecule has 1 unspecified atom stereocenters. The van der Waals surface area contributed by atoms with Crippen LogP contribution in [0.1, 0.15) is 11.7 Å². The lowest BCUT2D eigenvalue weighted by atomic mass is 10.0. The molecule has 0 saturated heterocycles. The van der Waals surface area contributed by atoms with Crippen molar-refractivity contribution in [2.24, 2.45) is 4.99 Å². The summed E-state index contributed by atoms with van der Waals surface area (Å²) >= 11 is 5.40. The summed E-state index contributed by atoms with van der Waals surface area (Å²) in [5, 5.41) is 4.82. The number of halogens is 6. The molecule has 1 N–H and O–H groups in total. The largest absolute Gasteiger partial charge is 0.418 e. The third-order valence-electron chi connectivity index (χ3n) is 2.45. The van der Waals surface area contributed by atoms with Crippen molar-refractivity contribution >= 4 is 17.9 Å². The van der Waals surface area contributed by atoms with Gasteiger partial charge in [-0.1, -0.05) is 11.6 Å². The Kier molecular flexibility index (Phi) is 3.48. The predicted octanol–water partition coefficient (Wildman–Crippen LogP) is 3.03. The van der Waals surface area contributed by atoms with Crippen molar-refractivity contribution in [3.8, 4) is 0 Å². The van der Waals surface area contributed by atoms with E-state index in [4.69, 9.17) is 11.6 Å².